The Bertz CT molecular complexity index is 903. The van der Waals surface area contributed by atoms with Gasteiger partial charge < -0.3 is 10.8 Å². The molecule has 28 heavy (non-hydrogen) atoms. The summed E-state index contributed by atoms with van der Waals surface area (Å²) in [6, 6.07) is 10.7. The van der Waals surface area contributed by atoms with E-state index in [0.717, 1.165) is 27.1 Å². The monoisotopic (exact) mass is 456 g/mol. The van der Waals surface area contributed by atoms with Gasteiger partial charge in [0.2, 0.25) is 0 Å². The Hall–Kier alpha value is -2.06. The topological polar surface area (TPSA) is 66.6 Å². The van der Waals surface area contributed by atoms with Crippen LogP contribution >= 0.6 is 15.9 Å². The first-order valence-electron chi connectivity index (χ1n) is 8.83. The maximum Gasteiger partial charge on any atom is 0.416 e. The molecule has 4 nitrogen and oxygen atoms in total. The summed E-state index contributed by atoms with van der Waals surface area (Å²) in [4.78, 5) is 12.9. The van der Waals surface area contributed by atoms with Crippen molar-refractivity contribution in [2.75, 3.05) is 4.90 Å². The Kier molecular flexibility index (Phi) is 5.46. The summed E-state index contributed by atoms with van der Waals surface area (Å²) in [5.74, 6) is -0.341. The van der Waals surface area contributed by atoms with E-state index in [1.165, 1.54) is 6.07 Å². The van der Waals surface area contributed by atoms with E-state index in [4.69, 9.17) is 5.73 Å². The van der Waals surface area contributed by atoms with Gasteiger partial charge in [-0.05, 0) is 66.6 Å². The molecule has 1 amide bonds. The predicted octanol–water partition coefficient (Wildman–Crippen LogP) is 5.75. The van der Waals surface area contributed by atoms with Gasteiger partial charge in [0.05, 0.1) is 16.9 Å². The summed E-state index contributed by atoms with van der Waals surface area (Å²) in [7, 11) is 0. The number of nitrogens with two attached hydrogens (primary N) is 1. The second-order valence-corrected chi connectivity index (χ2v) is 8.00. The van der Waals surface area contributed by atoms with Crippen LogP contribution < -0.4 is 10.6 Å². The number of rotatable bonds is 3. The van der Waals surface area contributed by atoms with Gasteiger partial charge in [-0.25, -0.2) is 4.79 Å². The van der Waals surface area contributed by atoms with E-state index >= 15 is 0 Å². The average molecular weight is 457 g/mol. The fourth-order valence-corrected chi connectivity index (χ4v) is 4.30. The van der Waals surface area contributed by atoms with E-state index < -0.39 is 23.5 Å². The summed E-state index contributed by atoms with van der Waals surface area (Å²) in [6.07, 6.45) is -4.75. The summed E-state index contributed by atoms with van der Waals surface area (Å²) < 4.78 is 40.7. The molecule has 0 aliphatic carbocycles. The first-order valence-corrected chi connectivity index (χ1v) is 9.62. The van der Waals surface area contributed by atoms with Crippen LogP contribution in [-0.2, 0) is 12.6 Å². The number of benzene rings is 2. The Labute approximate surface area is 169 Å². The molecule has 8 heteroatoms. The van der Waals surface area contributed by atoms with Gasteiger partial charge in [0, 0.05) is 4.47 Å². The molecule has 150 valence electrons. The number of hydrogen-bond acceptors (Lipinski definition) is 2. The van der Waals surface area contributed by atoms with Crippen molar-refractivity contribution < 1.29 is 23.1 Å². The van der Waals surface area contributed by atoms with Crippen LogP contribution in [0.5, 0.6) is 0 Å². The molecule has 0 saturated heterocycles. The van der Waals surface area contributed by atoms with Crippen molar-refractivity contribution in [3.05, 3.63) is 63.6 Å². The molecule has 0 radical (unpaired) electrons. The van der Waals surface area contributed by atoms with Crippen LogP contribution in [0.3, 0.4) is 0 Å². The highest BCUT2D eigenvalue weighted by Gasteiger charge is 2.45. The molecule has 3 N–H and O–H groups in total. The van der Waals surface area contributed by atoms with Crippen molar-refractivity contribution >= 4 is 27.7 Å². The smallest absolute Gasteiger partial charge is 0.416 e. The van der Waals surface area contributed by atoms with Gasteiger partial charge in [-0.1, -0.05) is 35.0 Å². The molecule has 0 unspecified atom stereocenters. The highest BCUT2D eigenvalue weighted by atomic mass is 79.9. The van der Waals surface area contributed by atoms with E-state index in [2.05, 4.69) is 15.9 Å². The van der Waals surface area contributed by atoms with Crippen molar-refractivity contribution in [1.29, 1.82) is 0 Å². The summed E-state index contributed by atoms with van der Waals surface area (Å²) >= 11 is 3.40. The molecular formula is C20H20BrF3N2O2. The van der Waals surface area contributed by atoms with E-state index in [-0.39, 0.29) is 18.0 Å². The largest absolute Gasteiger partial charge is 0.465 e. The van der Waals surface area contributed by atoms with Crippen LogP contribution in [0.15, 0.2) is 46.9 Å². The average Bonchev–Trinajstić information content (AvgIpc) is 2.60. The van der Waals surface area contributed by atoms with Crippen LogP contribution in [0.2, 0.25) is 0 Å². The molecule has 3 rings (SSSR count). The quantitative estimate of drug-likeness (QED) is 0.617. The van der Waals surface area contributed by atoms with Crippen LogP contribution in [-0.4, -0.2) is 16.9 Å². The van der Waals surface area contributed by atoms with Gasteiger partial charge in [0.1, 0.15) is 0 Å². The Morgan fingerprint density at radius 3 is 2.61 bits per heavy atom. The number of fused-ring (bicyclic) bond motifs is 1. The lowest BCUT2D eigenvalue weighted by Gasteiger charge is -2.46. The van der Waals surface area contributed by atoms with Crippen molar-refractivity contribution in [2.24, 2.45) is 5.73 Å². The van der Waals surface area contributed by atoms with Crippen molar-refractivity contribution in [2.45, 2.75) is 43.9 Å². The lowest BCUT2D eigenvalue weighted by Crippen LogP contribution is -2.61. The highest BCUT2D eigenvalue weighted by Crippen LogP contribution is 2.46. The molecule has 0 saturated carbocycles. The number of hydrogen-bond donors (Lipinski definition) is 2. The van der Waals surface area contributed by atoms with Crippen molar-refractivity contribution in [3.63, 3.8) is 0 Å². The van der Waals surface area contributed by atoms with Crippen LogP contribution in [0.25, 0.3) is 0 Å². The first kappa shape index (κ1) is 20.7. The molecule has 2 aromatic carbocycles. The number of alkyl halides is 3. The standard InChI is InChI=1S/C20H20BrF3N2O2/c1-2-19(25)11-13(8-12-4-3-5-15(21)9-12)16-10-14(20(22,23)24)6-7-17(16)26(19)18(27)28/h3-7,9-10,13H,2,8,11,25H2,1H3,(H,27,28)/t13-,19+/m0/s1. The number of amides is 1. The van der Waals surface area contributed by atoms with Gasteiger partial charge in [-0.2, -0.15) is 13.2 Å². The van der Waals surface area contributed by atoms with E-state index in [1.807, 2.05) is 24.3 Å². The molecule has 2 aromatic rings. The van der Waals surface area contributed by atoms with Crippen LogP contribution in [0.1, 0.15) is 42.4 Å². The van der Waals surface area contributed by atoms with Gasteiger partial charge in [0.25, 0.3) is 0 Å². The molecular weight excluding hydrogens is 437 g/mol. The minimum absolute atomic E-state index is 0.219. The molecule has 0 bridgehead atoms. The van der Waals surface area contributed by atoms with Gasteiger partial charge in [-0.15, -0.1) is 0 Å². The highest BCUT2D eigenvalue weighted by molar-refractivity contribution is 9.10. The third-order valence-corrected chi connectivity index (χ3v) is 5.75. The molecule has 1 aliphatic rings. The van der Waals surface area contributed by atoms with Crippen LogP contribution in [0, 0.1) is 0 Å². The normalized spacial score (nSPS) is 22.1. The molecule has 1 aliphatic heterocycles. The second-order valence-electron chi connectivity index (χ2n) is 7.08. The third kappa shape index (κ3) is 3.89. The SMILES string of the molecule is CC[C@]1(N)C[C@H](Cc2cccc(Br)c2)c2cc(C(F)(F)F)ccc2N1C(=O)O. The Morgan fingerprint density at radius 1 is 1.32 bits per heavy atom. The van der Waals surface area contributed by atoms with E-state index in [1.54, 1.807) is 6.92 Å². The number of carboxylic acid groups (broad SMARTS) is 1. The van der Waals surface area contributed by atoms with Gasteiger partial charge in [0.15, 0.2) is 0 Å². The summed E-state index contributed by atoms with van der Waals surface area (Å²) in [5, 5.41) is 9.71. The maximum atomic E-state index is 13.3. The zero-order chi connectivity index (χ0) is 20.7. The lowest BCUT2D eigenvalue weighted by molar-refractivity contribution is -0.137. The van der Waals surface area contributed by atoms with Gasteiger partial charge in [-0.3, -0.25) is 4.90 Å². The minimum atomic E-state index is -4.51. The van der Waals surface area contributed by atoms with Crippen molar-refractivity contribution in [3.8, 4) is 0 Å². The maximum absolute atomic E-state index is 13.3. The number of anilines is 1. The zero-order valence-corrected chi connectivity index (χ0v) is 16.7. The molecule has 0 spiro atoms. The fraction of sp³-hybridized carbons (Fsp3) is 0.350. The number of nitrogens with zero attached hydrogens (tertiary/aromatic N) is 1. The van der Waals surface area contributed by atoms with E-state index in [0.29, 0.717) is 18.4 Å². The lowest BCUT2D eigenvalue weighted by atomic mass is 9.77. The second kappa shape index (κ2) is 7.40. The zero-order valence-electron chi connectivity index (χ0n) is 15.1. The van der Waals surface area contributed by atoms with Gasteiger partial charge >= 0.3 is 12.3 Å². The minimum Gasteiger partial charge on any atom is -0.465 e. The fourth-order valence-electron chi connectivity index (χ4n) is 3.86. The number of carbonyl (C=O) groups is 1. The Morgan fingerprint density at radius 2 is 2.04 bits per heavy atom. The predicted molar refractivity (Wildman–Crippen MR) is 104 cm³/mol. The molecule has 0 aromatic heterocycles. The number of halogens is 4. The summed E-state index contributed by atoms with van der Waals surface area (Å²) in [6.45, 7) is 1.78. The Balaban J connectivity index is 2.14. The third-order valence-electron chi connectivity index (χ3n) is 5.26. The molecule has 0 fully saturated rings. The van der Waals surface area contributed by atoms with E-state index in [9.17, 15) is 23.1 Å². The van der Waals surface area contributed by atoms with Crippen LogP contribution in [0.4, 0.5) is 23.7 Å². The summed E-state index contributed by atoms with van der Waals surface area (Å²) in [5.41, 5.74) is 5.96. The van der Waals surface area contributed by atoms with Crippen molar-refractivity contribution in [1.82, 2.24) is 0 Å². The molecule has 2 atom stereocenters. The molecule has 1 heterocycles. The first-order chi connectivity index (χ1) is 13.0.